The van der Waals surface area contributed by atoms with Crippen LogP contribution in [0.4, 0.5) is 16.2 Å². The number of carbonyl (C=O) groups is 2. The Morgan fingerprint density at radius 2 is 2.21 bits per heavy atom. The molecule has 0 aromatic heterocycles. The van der Waals surface area contributed by atoms with Gasteiger partial charge in [0.15, 0.2) is 0 Å². The van der Waals surface area contributed by atoms with Gasteiger partial charge in [0.1, 0.15) is 6.04 Å². The first-order valence-corrected chi connectivity index (χ1v) is 6.64. The number of amides is 2. The second-order valence-electron chi connectivity index (χ2n) is 4.35. The van der Waals surface area contributed by atoms with Crippen LogP contribution in [0.1, 0.15) is 12.8 Å². The van der Waals surface area contributed by atoms with Crippen molar-refractivity contribution >= 4 is 39.3 Å². The second kappa shape index (κ2) is 5.48. The summed E-state index contributed by atoms with van der Waals surface area (Å²) >= 11 is 3.28. The molecule has 0 bridgehead atoms. The minimum atomic E-state index is -1.07. The van der Waals surface area contributed by atoms with Gasteiger partial charge in [-0.25, -0.2) is 4.79 Å². The SMILES string of the molecule is Nc1cc(Br)ccc1NC(=O)[C@@H]1CCCN1C(=O)O. The zero-order valence-corrected chi connectivity index (χ0v) is 11.7. The molecule has 1 aliphatic rings. The number of hydrogen-bond acceptors (Lipinski definition) is 3. The largest absolute Gasteiger partial charge is 0.465 e. The lowest BCUT2D eigenvalue weighted by molar-refractivity contribution is -0.119. The molecule has 1 aromatic rings. The van der Waals surface area contributed by atoms with Crippen LogP contribution in [-0.2, 0) is 4.79 Å². The Hall–Kier alpha value is -1.76. The van der Waals surface area contributed by atoms with Gasteiger partial charge in [-0.05, 0) is 31.0 Å². The summed E-state index contributed by atoms with van der Waals surface area (Å²) in [5.74, 6) is -0.339. The fraction of sp³-hybridized carbons (Fsp3) is 0.333. The summed E-state index contributed by atoms with van der Waals surface area (Å²) in [5, 5.41) is 11.7. The van der Waals surface area contributed by atoms with Gasteiger partial charge in [-0.15, -0.1) is 0 Å². The van der Waals surface area contributed by atoms with E-state index in [9.17, 15) is 9.59 Å². The van der Waals surface area contributed by atoms with Crippen LogP contribution in [0.3, 0.4) is 0 Å². The summed E-state index contributed by atoms with van der Waals surface area (Å²) in [6.45, 7) is 0.392. The van der Waals surface area contributed by atoms with E-state index >= 15 is 0 Å². The molecule has 1 saturated heterocycles. The van der Waals surface area contributed by atoms with Crippen molar-refractivity contribution < 1.29 is 14.7 Å². The molecule has 0 aliphatic carbocycles. The monoisotopic (exact) mass is 327 g/mol. The highest BCUT2D eigenvalue weighted by molar-refractivity contribution is 9.10. The molecule has 0 spiro atoms. The van der Waals surface area contributed by atoms with Crippen LogP contribution in [0.2, 0.25) is 0 Å². The van der Waals surface area contributed by atoms with E-state index in [1.807, 2.05) is 0 Å². The summed E-state index contributed by atoms with van der Waals surface area (Å²) in [6.07, 6.45) is 0.163. The Kier molecular flexibility index (Phi) is 3.94. The molecule has 1 aliphatic heterocycles. The molecule has 1 atom stereocenters. The van der Waals surface area contributed by atoms with Crippen LogP contribution < -0.4 is 11.1 Å². The van der Waals surface area contributed by atoms with Gasteiger partial charge in [0.05, 0.1) is 11.4 Å². The standard InChI is InChI=1S/C12H14BrN3O3/c13-7-3-4-9(8(14)6-7)15-11(17)10-2-1-5-16(10)12(18)19/h3-4,6,10H,1-2,5,14H2,(H,15,17)(H,18,19)/t10-/m0/s1. The molecule has 0 radical (unpaired) electrons. The van der Waals surface area contributed by atoms with Crippen LogP contribution in [0, 0.1) is 0 Å². The number of carboxylic acid groups (broad SMARTS) is 1. The van der Waals surface area contributed by atoms with Crippen molar-refractivity contribution in [2.75, 3.05) is 17.6 Å². The van der Waals surface area contributed by atoms with Gasteiger partial charge < -0.3 is 16.2 Å². The van der Waals surface area contributed by atoms with Crippen LogP contribution in [0.15, 0.2) is 22.7 Å². The minimum absolute atomic E-state index is 0.339. The molecule has 0 saturated carbocycles. The zero-order chi connectivity index (χ0) is 14.0. The Morgan fingerprint density at radius 3 is 2.84 bits per heavy atom. The first-order chi connectivity index (χ1) is 8.99. The molecule has 1 fully saturated rings. The van der Waals surface area contributed by atoms with Crippen molar-refractivity contribution in [2.24, 2.45) is 0 Å². The third-order valence-corrected chi connectivity index (χ3v) is 3.57. The molecule has 19 heavy (non-hydrogen) atoms. The molecule has 1 aromatic carbocycles. The number of nitrogens with zero attached hydrogens (tertiary/aromatic N) is 1. The lowest BCUT2D eigenvalue weighted by Gasteiger charge is -2.21. The van der Waals surface area contributed by atoms with E-state index in [0.29, 0.717) is 30.8 Å². The maximum absolute atomic E-state index is 12.1. The van der Waals surface area contributed by atoms with E-state index in [-0.39, 0.29) is 5.91 Å². The molecule has 0 unspecified atom stereocenters. The Balaban J connectivity index is 2.10. The number of benzene rings is 1. The van der Waals surface area contributed by atoms with Gasteiger partial charge >= 0.3 is 6.09 Å². The number of nitrogen functional groups attached to an aromatic ring is 1. The predicted octanol–water partition coefficient (Wildman–Crippen LogP) is 2.11. The van der Waals surface area contributed by atoms with Crippen molar-refractivity contribution in [3.8, 4) is 0 Å². The molecule has 2 rings (SSSR count). The van der Waals surface area contributed by atoms with E-state index in [1.165, 1.54) is 0 Å². The highest BCUT2D eigenvalue weighted by Crippen LogP contribution is 2.25. The van der Waals surface area contributed by atoms with Crippen LogP contribution >= 0.6 is 15.9 Å². The zero-order valence-electron chi connectivity index (χ0n) is 10.1. The highest BCUT2D eigenvalue weighted by Gasteiger charge is 2.34. The topological polar surface area (TPSA) is 95.7 Å². The number of halogens is 1. The van der Waals surface area contributed by atoms with E-state index in [2.05, 4.69) is 21.2 Å². The lowest BCUT2D eigenvalue weighted by atomic mass is 10.2. The molecule has 7 heteroatoms. The molecule has 102 valence electrons. The average Bonchev–Trinajstić information content (AvgIpc) is 2.82. The van der Waals surface area contributed by atoms with Crippen LogP contribution in [0.5, 0.6) is 0 Å². The van der Waals surface area contributed by atoms with Crippen LogP contribution in [0.25, 0.3) is 0 Å². The normalized spacial score (nSPS) is 18.4. The summed E-state index contributed by atoms with van der Waals surface area (Å²) in [4.78, 5) is 24.2. The number of carbonyl (C=O) groups excluding carboxylic acids is 1. The average molecular weight is 328 g/mol. The molecule has 1 heterocycles. The highest BCUT2D eigenvalue weighted by atomic mass is 79.9. The molecule has 2 amide bonds. The van der Waals surface area contributed by atoms with Gasteiger partial charge in [-0.2, -0.15) is 0 Å². The van der Waals surface area contributed by atoms with Gasteiger partial charge in [0.2, 0.25) is 5.91 Å². The van der Waals surface area contributed by atoms with Crippen molar-refractivity contribution in [3.63, 3.8) is 0 Å². The van der Waals surface area contributed by atoms with E-state index in [0.717, 1.165) is 9.37 Å². The summed E-state index contributed by atoms with van der Waals surface area (Å²) in [7, 11) is 0. The molecule has 6 nitrogen and oxygen atoms in total. The van der Waals surface area contributed by atoms with Crippen molar-refractivity contribution in [2.45, 2.75) is 18.9 Å². The van der Waals surface area contributed by atoms with Gasteiger partial charge in [-0.3, -0.25) is 9.69 Å². The Labute approximate surface area is 118 Å². The van der Waals surface area contributed by atoms with Gasteiger partial charge in [0.25, 0.3) is 0 Å². The third kappa shape index (κ3) is 2.98. The number of rotatable bonds is 2. The Bertz CT molecular complexity index is 521. The van der Waals surface area contributed by atoms with Crippen molar-refractivity contribution in [1.29, 1.82) is 0 Å². The van der Waals surface area contributed by atoms with E-state index in [4.69, 9.17) is 10.8 Å². The Morgan fingerprint density at radius 1 is 1.47 bits per heavy atom. The molecular weight excluding hydrogens is 314 g/mol. The maximum Gasteiger partial charge on any atom is 0.407 e. The third-order valence-electron chi connectivity index (χ3n) is 3.07. The molecule has 4 N–H and O–H groups in total. The summed E-state index contributed by atoms with van der Waals surface area (Å²) < 4.78 is 0.816. The number of nitrogens with one attached hydrogen (secondary N) is 1. The smallest absolute Gasteiger partial charge is 0.407 e. The fourth-order valence-corrected chi connectivity index (χ4v) is 2.51. The van der Waals surface area contributed by atoms with Gasteiger partial charge in [0, 0.05) is 11.0 Å². The first-order valence-electron chi connectivity index (χ1n) is 5.84. The first kappa shape index (κ1) is 13.7. The fourth-order valence-electron chi connectivity index (χ4n) is 2.13. The van der Waals surface area contributed by atoms with Crippen molar-refractivity contribution in [1.82, 2.24) is 4.90 Å². The molecular formula is C12H14BrN3O3. The number of anilines is 2. The number of likely N-dealkylation sites (tertiary alicyclic amines) is 1. The minimum Gasteiger partial charge on any atom is -0.465 e. The van der Waals surface area contributed by atoms with E-state index in [1.54, 1.807) is 18.2 Å². The lowest BCUT2D eigenvalue weighted by Crippen LogP contribution is -2.42. The van der Waals surface area contributed by atoms with Crippen molar-refractivity contribution in [3.05, 3.63) is 22.7 Å². The van der Waals surface area contributed by atoms with Gasteiger partial charge in [-0.1, -0.05) is 15.9 Å². The quantitative estimate of drug-likeness (QED) is 0.725. The second-order valence-corrected chi connectivity index (χ2v) is 5.27. The predicted molar refractivity (Wildman–Crippen MR) is 74.9 cm³/mol. The maximum atomic E-state index is 12.1. The number of nitrogens with two attached hydrogens (primary N) is 1. The van der Waals surface area contributed by atoms with Crippen LogP contribution in [-0.4, -0.2) is 34.6 Å². The summed E-state index contributed by atoms with van der Waals surface area (Å²) in [5.41, 5.74) is 6.71. The summed E-state index contributed by atoms with van der Waals surface area (Å²) in [6, 6.07) is 4.48. The number of hydrogen-bond donors (Lipinski definition) is 3. The van der Waals surface area contributed by atoms with E-state index < -0.39 is 12.1 Å².